The van der Waals surface area contributed by atoms with Gasteiger partial charge in [-0.1, -0.05) is 12.8 Å². The minimum atomic E-state index is -1.03. The number of hydrogen-bond acceptors (Lipinski definition) is 4. The second-order valence-corrected chi connectivity index (χ2v) is 4.72. The summed E-state index contributed by atoms with van der Waals surface area (Å²) in [4.78, 5) is 14.6. The lowest BCUT2D eigenvalue weighted by Crippen LogP contribution is -2.22. The van der Waals surface area contributed by atoms with Crippen molar-refractivity contribution in [1.29, 1.82) is 0 Å². The number of methoxy groups -OCH3 is 2. The molecule has 0 unspecified atom stereocenters. The minimum absolute atomic E-state index is 0.135. The van der Waals surface area contributed by atoms with Crippen LogP contribution in [0.2, 0.25) is 0 Å². The molecule has 0 radical (unpaired) electrons. The number of halogens is 2. The Balaban J connectivity index is 2.78. The second kappa shape index (κ2) is 5.59. The summed E-state index contributed by atoms with van der Waals surface area (Å²) in [6, 6.07) is 0.703. The van der Waals surface area contributed by atoms with E-state index in [-0.39, 0.29) is 17.1 Å². The van der Waals surface area contributed by atoms with Gasteiger partial charge in [-0.2, -0.15) is 4.99 Å². The van der Waals surface area contributed by atoms with Crippen LogP contribution in [0.25, 0.3) is 0 Å². The van der Waals surface area contributed by atoms with Gasteiger partial charge in [0.05, 0.1) is 19.8 Å². The average Bonchev–Trinajstić information content (AvgIpc) is 2.88. The van der Waals surface area contributed by atoms with Crippen LogP contribution in [0, 0.1) is 11.6 Å². The third-order valence-electron chi connectivity index (χ3n) is 3.71. The molecule has 1 saturated carbocycles. The molecule has 0 spiro atoms. The number of hydrogen-bond donors (Lipinski definition) is 0. The number of isocyanates is 1. The van der Waals surface area contributed by atoms with E-state index in [1.54, 1.807) is 0 Å². The fourth-order valence-electron chi connectivity index (χ4n) is 2.87. The van der Waals surface area contributed by atoms with E-state index in [1.807, 2.05) is 0 Å². The van der Waals surface area contributed by atoms with Gasteiger partial charge in [-0.15, -0.1) is 0 Å². The van der Waals surface area contributed by atoms with E-state index in [4.69, 9.17) is 9.47 Å². The Labute approximate surface area is 115 Å². The number of ether oxygens (including phenoxy) is 2. The van der Waals surface area contributed by atoms with Crippen LogP contribution in [0.3, 0.4) is 0 Å². The highest BCUT2D eigenvalue weighted by Gasteiger charge is 2.42. The molecule has 2 rings (SSSR count). The van der Waals surface area contributed by atoms with Crippen molar-refractivity contribution in [2.45, 2.75) is 31.2 Å². The topological polar surface area (TPSA) is 47.9 Å². The lowest BCUT2D eigenvalue weighted by molar-refractivity contribution is 0.320. The Bertz CT molecular complexity index is 534. The summed E-state index contributed by atoms with van der Waals surface area (Å²) < 4.78 is 38.0. The third kappa shape index (κ3) is 2.16. The molecular formula is C14H15F2NO3. The largest absolute Gasteiger partial charge is 0.493 e. The van der Waals surface area contributed by atoms with E-state index in [2.05, 4.69) is 4.99 Å². The first-order chi connectivity index (χ1) is 9.59. The maximum Gasteiger partial charge on any atom is 0.235 e. The molecule has 0 heterocycles. The Hall–Kier alpha value is -1.94. The number of aliphatic imine (C=N–C) groups is 1. The van der Waals surface area contributed by atoms with Crippen LogP contribution < -0.4 is 9.47 Å². The van der Waals surface area contributed by atoms with Gasteiger partial charge in [0.2, 0.25) is 6.08 Å². The van der Waals surface area contributed by atoms with Crippen molar-refractivity contribution in [1.82, 2.24) is 0 Å². The lowest BCUT2D eigenvalue weighted by Gasteiger charge is -2.27. The van der Waals surface area contributed by atoms with Crippen molar-refractivity contribution in [2.24, 2.45) is 4.99 Å². The predicted octanol–water partition coefficient (Wildman–Crippen LogP) is 3.09. The van der Waals surface area contributed by atoms with Gasteiger partial charge in [-0.25, -0.2) is 13.6 Å². The summed E-state index contributed by atoms with van der Waals surface area (Å²) in [5.41, 5.74) is -0.873. The van der Waals surface area contributed by atoms with Crippen molar-refractivity contribution in [3.05, 3.63) is 23.3 Å². The Morgan fingerprint density at radius 3 is 2.05 bits per heavy atom. The Morgan fingerprint density at radius 1 is 1.15 bits per heavy atom. The molecule has 6 heteroatoms. The maximum absolute atomic E-state index is 13.9. The molecule has 0 saturated heterocycles. The smallest absolute Gasteiger partial charge is 0.235 e. The van der Waals surface area contributed by atoms with Crippen molar-refractivity contribution in [2.75, 3.05) is 14.2 Å². The third-order valence-corrected chi connectivity index (χ3v) is 3.71. The molecule has 0 aromatic heterocycles. The maximum atomic E-state index is 13.9. The van der Waals surface area contributed by atoms with Gasteiger partial charge in [-0.3, -0.25) is 0 Å². The number of benzene rings is 1. The van der Waals surface area contributed by atoms with Crippen molar-refractivity contribution >= 4 is 6.08 Å². The summed E-state index contributed by atoms with van der Waals surface area (Å²) in [5, 5.41) is 0. The number of carbonyl (C=O) groups excluding carboxylic acids is 1. The molecule has 20 heavy (non-hydrogen) atoms. The summed E-state index contributed by atoms with van der Waals surface area (Å²) in [7, 11) is 2.57. The monoisotopic (exact) mass is 283 g/mol. The zero-order valence-corrected chi connectivity index (χ0v) is 11.3. The average molecular weight is 283 g/mol. The molecule has 1 aromatic carbocycles. The predicted molar refractivity (Wildman–Crippen MR) is 67.7 cm³/mol. The van der Waals surface area contributed by atoms with E-state index < -0.39 is 17.2 Å². The van der Waals surface area contributed by atoms with Gasteiger partial charge < -0.3 is 9.47 Å². The quantitative estimate of drug-likeness (QED) is 0.630. The molecule has 108 valence electrons. The van der Waals surface area contributed by atoms with E-state index >= 15 is 0 Å². The summed E-state index contributed by atoms with van der Waals surface area (Å²) in [6.07, 6.45) is 4.11. The van der Waals surface area contributed by atoms with E-state index in [1.165, 1.54) is 20.3 Å². The normalized spacial score (nSPS) is 16.6. The van der Waals surface area contributed by atoms with Gasteiger partial charge in [-0.05, 0) is 12.8 Å². The lowest BCUT2D eigenvalue weighted by atomic mass is 9.87. The molecule has 1 aliphatic rings. The van der Waals surface area contributed by atoms with Crippen LogP contribution in [-0.4, -0.2) is 20.3 Å². The van der Waals surface area contributed by atoms with Crippen LogP contribution in [0.5, 0.6) is 11.5 Å². The standard InChI is InChI=1S/C14H15F2NO3/c1-19-12-9(15)7-10(16)13(20-2)11(12)14(17-8-18)5-3-4-6-14/h7H,3-6H2,1-2H3. The zero-order valence-electron chi connectivity index (χ0n) is 11.3. The summed E-state index contributed by atoms with van der Waals surface area (Å²) >= 11 is 0. The van der Waals surface area contributed by atoms with E-state index in [9.17, 15) is 13.6 Å². The molecule has 1 aromatic rings. The van der Waals surface area contributed by atoms with Crippen LogP contribution in [0.1, 0.15) is 31.2 Å². The summed E-state index contributed by atoms with van der Waals surface area (Å²) in [6.45, 7) is 0. The Morgan fingerprint density at radius 2 is 1.65 bits per heavy atom. The Kier molecular flexibility index (Phi) is 4.04. The highest BCUT2D eigenvalue weighted by Crippen LogP contribution is 2.51. The molecular weight excluding hydrogens is 268 g/mol. The van der Waals surface area contributed by atoms with Crippen molar-refractivity contribution in [3.63, 3.8) is 0 Å². The van der Waals surface area contributed by atoms with Crippen molar-refractivity contribution < 1.29 is 23.0 Å². The van der Waals surface area contributed by atoms with Gasteiger partial charge >= 0.3 is 0 Å². The van der Waals surface area contributed by atoms with Crippen LogP contribution in [-0.2, 0) is 10.3 Å². The molecule has 0 bridgehead atoms. The fourth-order valence-corrected chi connectivity index (χ4v) is 2.87. The second-order valence-electron chi connectivity index (χ2n) is 4.72. The van der Waals surface area contributed by atoms with Crippen molar-refractivity contribution in [3.8, 4) is 11.5 Å². The highest BCUT2D eigenvalue weighted by atomic mass is 19.1. The molecule has 1 aliphatic carbocycles. The molecule has 0 N–H and O–H groups in total. The van der Waals surface area contributed by atoms with Gasteiger partial charge in [0.25, 0.3) is 0 Å². The first-order valence-corrected chi connectivity index (χ1v) is 6.29. The van der Waals surface area contributed by atoms with E-state index in [0.717, 1.165) is 12.8 Å². The van der Waals surface area contributed by atoms with Crippen LogP contribution in [0.4, 0.5) is 8.78 Å². The molecule has 4 nitrogen and oxygen atoms in total. The van der Waals surface area contributed by atoms with Gasteiger partial charge in [0, 0.05) is 6.07 Å². The SMILES string of the molecule is COc1c(F)cc(F)c(OC)c1C1(N=C=O)CCCC1. The van der Waals surface area contributed by atoms with E-state index in [0.29, 0.717) is 18.9 Å². The summed E-state index contributed by atoms with van der Waals surface area (Å²) in [5.74, 6) is -1.95. The zero-order chi connectivity index (χ0) is 14.8. The molecule has 0 atom stereocenters. The minimum Gasteiger partial charge on any atom is -0.493 e. The molecule has 1 fully saturated rings. The number of rotatable bonds is 4. The first kappa shape index (κ1) is 14.5. The molecule has 0 amide bonds. The highest BCUT2D eigenvalue weighted by molar-refractivity contribution is 5.53. The fraction of sp³-hybridized carbons (Fsp3) is 0.500. The van der Waals surface area contributed by atoms with Crippen LogP contribution in [0.15, 0.2) is 11.1 Å². The molecule has 0 aliphatic heterocycles. The first-order valence-electron chi connectivity index (χ1n) is 6.29. The van der Waals surface area contributed by atoms with Gasteiger partial charge in [0.1, 0.15) is 5.54 Å². The van der Waals surface area contributed by atoms with Gasteiger partial charge in [0.15, 0.2) is 23.1 Å². The van der Waals surface area contributed by atoms with Crippen LogP contribution >= 0.6 is 0 Å². The number of nitrogens with zero attached hydrogens (tertiary/aromatic N) is 1.